The smallest absolute Gasteiger partial charge is 0.260 e. The number of H-pyrrole nitrogens is 1. The maximum absolute atomic E-state index is 12.5. The molecule has 1 aliphatic rings. The SMILES string of the molecule is CCC(C)(C)NS(=O)(=O)c1n[nH]c(C)c1CNC1CC1. The second-order valence-corrected chi connectivity index (χ2v) is 7.73. The van der Waals surface area contributed by atoms with E-state index in [9.17, 15) is 8.42 Å². The van der Waals surface area contributed by atoms with Crippen LogP contribution in [-0.2, 0) is 16.6 Å². The molecule has 0 radical (unpaired) electrons. The maximum Gasteiger partial charge on any atom is 0.260 e. The number of nitrogens with one attached hydrogen (secondary N) is 3. The van der Waals surface area contributed by atoms with Crippen molar-refractivity contribution in [3.8, 4) is 0 Å². The Hall–Kier alpha value is -0.920. The zero-order chi connectivity index (χ0) is 15.0. The van der Waals surface area contributed by atoms with E-state index < -0.39 is 15.6 Å². The molecule has 3 N–H and O–H groups in total. The molecule has 0 amide bonds. The van der Waals surface area contributed by atoms with Gasteiger partial charge in [0.25, 0.3) is 10.0 Å². The Bertz CT molecular complexity index is 573. The first-order valence-corrected chi connectivity index (χ1v) is 8.54. The van der Waals surface area contributed by atoms with Crippen LogP contribution in [0, 0.1) is 6.92 Å². The molecule has 0 saturated heterocycles. The number of hydrogen-bond donors (Lipinski definition) is 3. The van der Waals surface area contributed by atoms with Gasteiger partial charge in [-0.3, -0.25) is 5.10 Å². The molecule has 0 spiro atoms. The van der Waals surface area contributed by atoms with Crippen molar-refractivity contribution in [1.29, 1.82) is 0 Å². The zero-order valence-electron chi connectivity index (χ0n) is 12.6. The van der Waals surface area contributed by atoms with Gasteiger partial charge in [-0.2, -0.15) is 5.10 Å². The van der Waals surface area contributed by atoms with Crippen molar-refractivity contribution >= 4 is 10.0 Å². The second kappa shape index (κ2) is 5.46. The molecule has 0 bridgehead atoms. The molecular weight excluding hydrogens is 276 g/mol. The Balaban J connectivity index is 2.22. The minimum atomic E-state index is -3.60. The van der Waals surface area contributed by atoms with Gasteiger partial charge in [0, 0.05) is 29.4 Å². The van der Waals surface area contributed by atoms with Gasteiger partial charge in [0.1, 0.15) is 0 Å². The Morgan fingerprint density at radius 3 is 2.60 bits per heavy atom. The monoisotopic (exact) mass is 300 g/mol. The number of aryl methyl sites for hydroxylation is 1. The molecule has 114 valence electrons. The predicted molar refractivity (Wildman–Crippen MR) is 77.9 cm³/mol. The van der Waals surface area contributed by atoms with E-state index in [1.165, 1.54) is 12.8 Å². The van der Waals surface area contributed by atoms with Gasteiger partial charge in [-0.05, 0) is 40.0 Å². The molecule has 2 rings (SSSR count). The van der Waals surface area contributed by atoms with Gasteiger partial charge in [-0.1, -0.05) is 6.92 Å². The lowest BCUT2D eigenvalue weighted by atomic mass is 10.0. The normalized spacial score (nSPS) is 16.6. The summed E-state index contributed by atoms with van der Waals surface area (Å²) in [7, 11) is -3.60. The van der Waals surface area contributed by atoms with Gasteiger partial charge < -0.3 is 5.32 Å². The molecule has 1 saturated carbocycles. The summed E-state index contributed by atoms with van der Waals surface area (Å²) >= 11 is 0. The lowest BCUT2D eigenvalue weighted by molar-refractivity contribution is 0.438. The molecule has 1 heterocycles. The van der Waals surface area contributed by atoms with Crippen molar-refractivity contribution in [2.75, 3.05) is 0 Å². The summed E-state index contributed by atoms with van der Waals surface area (Å²) in [6.45, 7) is 8.07. The number of nitrogens with zero attached hydrogens (tertiary/aromatic N) is 1. The lowest BCUT2D eigenvalue weighted by Crippen LogP contribution is -2.43. The quantitative estimate of drug-likeness (QED) is 0.711. The molecule has 20 heavy (non-hydrogen) atoms. The van der Waals surface area contributed by atoms with Crippen molar-refractivity contribution in [3.05, 3.63) is 11.3 Å². The topological polar surface area (TPSA) is 86.9 Å². The highest BCUT2D eigenvalue weighted by Gasteiger charge is 2.30. The van der Waals surface area contributed by atoms with Crippen molar-refractivity contribution in [1.82, 2.24) is 20.2 Å². The van der Waals surface area contributed by atoms with Gasteiger partial charge in [-0.15, -0.1) is 0 Å². The lowest BCUT2D eigenvalue weighted by Gasteiger charge is -2.23. The van der Waals surface area contributed by atoms with Crippen molar-refractivity contribution in [2.45, 2.75) is 70.1 Å². The summed E-state index contributed by atoms with van der Waals surface area (Å²) < 4.78 is 27.7. The van der Waals surface area contributed by atoms with Gasteiger partial charge >= 0.3 is 0 Å². The average Bonchev–Trinajstić information content (AvgIpc) is 3.09. The van der Waals surface area contributed by atoms with Crippen LogP contribution in [-0.4, -0.2) is 30.2 Å². The Morgan fingerprint density at radius 1 is 1.40 bits per heavy atom. The van der Waals surface area contributed by atoms with Crippen LogP contribution in [0.15, 0.2) is 5.03 Å². The highest BCUT2D eigenvalue weighted by Crippen LogP contribution is 2.23. The standard InChI is InChI=1S/C13H24N4O2S/c1-5-13(3,4)17-20(18,19)12-11(9(2)15-16-12)8-14-10-6-7-10/h10,14,17H,5-8H2,1-4H3,(H,15,16). The molecule has 0 atom stereocenters. The van der Waals surface area contributed by atoms with Crippen LogP contribution in [0.1, 0.15) is 51.3 Å². The van der Waals surface area contributed by atoms with Crippen LogP contribution in [0.5, 0.6) is 0 Å². The van der Waals surface area contributed by atoms with E-state index in [4.69, 9.17) is 0 Å². The van der Waals surface area contributed by atoms with E-state index >= 15 is 0 Å². The van der Waals surface area contributed by atoms with Crippen LogP contribution in [0.3, 0.4) is 0 Å². The van der Waals surface area contributed by atoms with Gasteiger partial charge in [0.15, 0.2) is 5.03 Å². The van der Waals surface area contributed by atoms with Crippen molar-refractivity contribution in [2.24, 2.45) is 0 Å². The average molecular weight is 300 g/mol. The van der Waals surface area contributed by atoms with E-state index in [2.05, 4.69) is 20.2 Å². The number of sulfonamides is 1. The number of hydrogen-bond acceptors (Lipinski definition) is 4. The third-order valence-corrected chi connectivity index (χ3v) is 5.40. The molecule has 1 aromatic rings. The Kier molecular flexibility index (Phi) is 4.22. The van der Waals surface area contributed by atoms with E-state index in [1.54, 1.807) is 0 Å². The molecule has 0 aromatic carbocycles. The summed E-state index contributed by atoms with van der Waals surface area (Å²) in [6, 6.07) is 0.528. The molecule has 1 aromatic heterocycles. The molecule has 6 nitrogen and oxygen atoms in total. The third-order valence-electron chi connectivity index (χ3n) is 3.73. The van der Waals surface area contributed by atoms with Gasteiger partial charge in [-0.25, -0.2) is 13.1 Å². The Labute approximate surface area is 120 Å². The maximum atomic E-state index is 12.5. The van der Waals surface area contributed by atoms with E-state index in [0.717, 1.165) is 11.3 Å². The minimum absolute atomic E-state index is 0.115. The fourth-order valence-corrected chi connectivity index (χ4v) is 3.56. The summed E-state index contributed by atoms with van der Waals surface area (Å²) in [5.74, 6) is 0. The molecule has 1 aliphatic carbocycles. The first-order valence-electron chi connectivity index (χ1n) is 7.06. The Morgan fingerprint density at radius 2 is 2.05 bits per heavy atom. The fourth-order valence-electron chi connectivity index (χ4n) is 1.88. The molecule has 0 unspecified atom stereocenters. The predicted octanol–water partition coefficient (Wildman–Crippen LogP) is 1.44. The van der Waals surface area contributed by atoms with Gasteiger partial charge in [0.05, 0.1) is 0 Å². The molecule has 1 fully saturated rings. The largest absolute Gasteiger partial charge is 0.310 e. The van der Waals surface area contributed by atoms with Crippen LogP contribution < -0.4 is 10.0 Å². The van der Waals surface area contributed by atoms with Crippen LogP contribution >= 0.6 is 0 Å². The van der Waals surface area contributed by atoms with Crippen LogP contribution in [0.4, 0.5) is 0 Å². The number of rotatable bonds is 7. The highest BCUT2D eigenvalue weighted by molar-refractivity contribution is 7.89. The van der Waals surface area contributed by atoms with Crippen molar-refractivity contribution < 1.29 is 8.42 Å². The second-order valence-electron chi connectivity index (χ2n) is 6.13. The molecule has 0 aliphatic heterocycles. The van der Waals surface area contributed by atoms with E-state index in [-0.39, 0.29) is 5.03 Å². The first kappa shape index (κ1) is 15.5. The minimum Gasteiger partial charge on any atom is -0.310 e. The fraction of sp³-hybridized carbons (Fsp3) is 0.769. The van der Waals surface area contributed by atoms with Crippen LogP contribution in [0.2, 0.25) is 0 Å². The molecule has 7 heteroatoms. The zero-order valence-corrected chi connectivity index (χ0v) is 13.4. The van der Waals surface area contributed by atoms with Crippen molar-refractivity contribution in [3.63, 3.8) is 0 Å². The first-order chi connectivity index (χ1) is 9.25. The van der Waals surface area contributed by atoms with E-state index in [0.29, 0.717) is 19.0 Å². The summed E-state index contributed by atoms with van der Waals surface area (Å²) in [6.07, 6.45) is 3.05. The number of aromatic nitrogens is 2. The highest BCUT2D eigenvalue weighted by atomic mass is 32.2. The third kappa shape index (κ3) is 3.59. The number of aromatic amines is 1. The van der Waals surface area contributed by atoms with Crippen LogP contribution in [0.25, 0.3) is 0 Å². The molecular formula is C13H24N4O2S. The summed E-state index contributed by atoms with van der Waals surface area (Å²) in [5, 5.41) is 10.2. The van der Waals surface area contributed by atoms with Gasteiger partial charge in [0.2, 0.25) is 0 Å². The summed E-state index contributed by atoms with van der Waals surface area (Å²) in [5.41, 5.74) is 1.05. The summed E-state index contributed by atoms with van der Waals surface area (Å²) in [4.78, 5) is 0. The van der Waals surface area contributed by atoms with E-state index in [1.807, 2.05) is 27.7 Å².